The molecule has 0 spiro atoms. The summed E-state index contributed by atoms with van der Waals surface area (Å²) in [5.74, 6) is 2.58. The van der Waals surface area contributed by atoms with E-state index in [2.05, 4.69) is 48.1 Å². The first kappa shape index (κ1) is 36.1. The van der Waals surface area contributed by atoms with Gasteiger partial charge in [-0.1, -0.05) is 0 Å². The third-order valence-corrected chi connectivity index (χ3v) is 14.6. The molecule has 10 nitrogen and oxygen atoms in total. The van der Waals surface area contributed by atoms with Crippen molar-refractivity contribution in [3.05, 3.63) is 125 Å². The Balaban J connectivity index is 1.12. The molecule has 0 saturated heterocycles. The number of carbonyl (C=O) groups is 2. The van der Waals surface area contributed by atoms with Gasteiger partial charge in [0.2, 0.25) is 0 Å². The van der Waals surface area contributed by atoms with Crippen molar-refractivity contribution in [3.63, 3.8) is 0 Å². The minimum atomic E-state index is -1.57. The molecule has 2 aliphatic rings. The fourth-order valence-corrected chi connectivity index (χ4v) is 11.4. The first-order valence-corrected chi connectivity index (χ1v) is 21.4. The van der Waals surface area contributed by atoms with Crippen LogP contribution >= 0.6 is 45.9 Å². The van der Waals surface area contributed by atoms with Crippen molar-refractivity contribution in [3.8, 4) is 10.0 Å². The molecule has 0 amide bonds. The van der Waals surface area contributed by atoms with Crippen LogP contribution in [0.3, 0.4) is 0 Å². The number of hydrogen-bond acceptors (Lipinski definition) is 10. The molecule has 270 valence electrons. The van der Waals surface area contributed by atoms with Crippen molar-refractivity contribution in [2.75, 3.05) is 0 Å². The molecule has 0 fully saturated rings. The van der Waals surface area contributed by atoms with Crippen LogP contribution in [0, 0.1) is 41.5 Å². The van der Waals surface area contributed by atoms with Crippen LogP contribution in [-0.4, -0.2) is 48.5 Å². The van der Waals surface area contributed by atoms with Gasteiger partial charge in [-0.05, 0) is 0 Å². The van der Waals surface area contributed by atoms with E-state index in [-0.39, 0.29) is 20.4 Å². The topological polar surface area (TPSA) is 120 Å². The zero-order chi connectivity index (χ0) is 37.3. The van der Waals surface area contributed by atoms with Gasteiger partial charge in [-0.2, -0.15) is 0 Å². The predicted octanol–water partition coefficient (Wildman–Crippen LogP) is 5.54. The fourth-order valence-electron chi connectivity index (χ4n) is 6.76. The van der Waals surface area contributed by atoms with Gasteiger partial charge in [0, 0.05) is 0 Å². The van der Waals surface area contributed by atoms with Gasteiger partial charge in [0.15, 0.2) is 0 Å². The van der Waals surface area contributed by atoms with Crippen LogP contribution in [0.25, 0.3) is 10.0 Å². The zero-order valence-electron chi connectivity index (χ0n) is 29.5. The molecular weight excluding hydrogens is 862 g/mol. The summed E-state index contributed by atoms with van der Waals surface area (Å²) in [6.45, 7) is 12.2. The molecule has 8 rings (SSSR count). The summed E-state index contributed by atoms with van der Waals surface area (Å²) < 4.78 is 3.76. The molecule has 53 heavy (non-hydrogen) atoms. The molecule has 4 aromatic heterocycles. The van der Waals surface area contributed by atoms with Crippen LogP contribution in [0.5, 0.6) is 0 Å². The Bertz CT molecular complexity index is 2350. The van der Waals surface area contributed by atoms with Crippen molar-refractivity contribution in [1.82, 2.24) is 29.5 Å². The average Bonchev–Trinajstić information content (AvgIpc) is 3.81. The van der Waals surface area contributed by atoms with E-state index in [1.165, 1.54) is 0 Å². The number of thiophene rings is 2. The first-order valence-electron chi connectivity index (χ1n) is 16.8. The number of halogens is 3. The summed E-state index contributed by atoms with van der Waals surface area (Å²) in [7, 11) is 0. The number of hydrogen-bond donors (Lipinski definition) is 0. The van der Waals surface area contributed by atoms with Crippen molar-refractivity contribution in [1.29, 1.82) is 0 Å². The maximum atomic E-state index is 14.0. The van der Waals surface area contributed by atoms with Crippen molar-refractivity contribution >= 4 is 64.9 Å². The Morgan fingerprint density at radius 3 is 1.38 bits per heavy atom. The second kappa shape index (κ2) is 14.1. The number of benzene rings is 2. The van der Waals surface area contributed by atoms with E-state index in [1.807, 2.05) is 71.5 Å². The maximum absolute atomic E-state index is 14.0. The molecule has 0 bridgehead atoms. The summed E-state index contributed by atoms with van der Waals surface area (Å²) in [5, 5.41) is 21.1. The van der Waals surface area contributed by atoms with Gasteiger partial charge in [0.25, 0.3) is 0 Å². The predicted molar refractivity (Wildman–Crippen MR) is 206 cm³/mol. The Morgan fingerprint density at radius 1 is 0.623 bits per heavy atom. The number of aliphatic imine (C=N–C) groups is 2. The van der Waals surface area contributed by atoms with Gasteiger partial charge < -0.3 is 0 Å². The molecule has 2 atom stereocenters. The molecule has 6 aromatic rings. The quantitative estimate of drug-likeness (QED) is 0.147. The van der Waals surface area contributed by atoms with E-state index in [0.717, 1.165) is 64.6 Å². The summed E-state index contributed by atoms with van der Waals surface area (Å²) in [6, 6.07) is 13.9. The molecule has 0 saturated carbocycles. The van der Waals surface area contributed by atoms with Gasteiger partial charge in [-0.15, -0.1) is 0 Å². The minimum absolute atomic E-state index is 0.0240. The van der Waals surface area contributed by atoms with Crippen LogP contribution in [0.4, 0.5) is 0 Å². The summed E-state index contributed by atoms with van der Waals surface area (Å²) >= 11 is 14.3. The van der Waals surface area contributed by atoms with Crippen LogP contribution in [0.1, 0.15) is 91.4 Å². The third-order valence-electron chi connectivity index (χ3n) is 9.63. The molecule has 0 radical (unpaired) electrons. The molecule has 6 heterocycles. The molecule has 0 N–H and O–H groups in total. The first-order chi connectivity index (χ1) is 25.4. The summed E-state index contributed by atoms with van der Waals surface area (Å²) in [4.78, 5) is 40.7. The van der Waals surface area contributed by atoms with Crippen LogP contribution in [0.15, 0.2) is 58.5 Å². The monoisotopic (exact) mass is 893 g/mol. The van der Waals surface area contributed by atoms with Crippen LogP contribution < -0.4 is 21.2 Å². The standard InChI is InChI=1S/C38H32Cl2IN8O2S2/c1-17-19(3)52-37-31(17)33(23-7-11-25(39)12-8-23)42-27(35-46-44-21(5)48(35)37)15-29(50)41-30(51)16-28-36-47-45-22(6)49(36)38-32(18(2)20(4)53-38)34(43-28)24-9-13-26(40)14-10-24/h7-14,27-28H,15-16H2,1-6H3/q-1. The fraction of sp³-hybridized carbons (Fsp3) is 0.263. The molecule has 15 heteroatoms. The van der Waals surface area contributed by atoms with E-state index in [1.54, 1.807) is 22.7 Å². The van der Waals surface area contributed by atoms with E-state index in [0.29, 0.717) is 33.3 Å². The van der Waals surface area contributed by atoms with Gasteiger partial charge in [-0.25, -0.2) is 0 Å². The number of nitrogens with zero attached hydrogens (tertiary/aromatic N) is 8. The molecule has 2 unspecified atom stereocenters. The number of fused-ring (bicyclic) bond motifs is 6. The van der Waals surface area contributed by atoms with Crippen molar-refractivity contribution in [2.45, 2.75) is 66.5 Å². The zero-order valence-corrected chi connectivity index (χ0v) is 34.8. The SMILES string of the molecule is Cc1sc2c(c1C)C(c1ccc(Cl)cc1)=NC(CC(=O)[I-]C(=O)CC1N=C(c3ccc(Cl)cc3)c3c(sc(C)c3C)-n3c(C)nnc31)c1nnc(C)n1-2. The second-order valence-corrected chi connectivity index (χ2v) is 19.2. The summed E-state index contributed by atoms with van der Waals surface area (Å²) in [6.07, 6.45) is 0.0481. The number of carbonyl (C=O) groups excluding carboxylic acids is 2. The Morgan fingerprint density at radius 2 is 1.00 bits per heavy atom. The molecular formula is C38H32Cl2IN8O2S2-. The van der Waals surface area contributed by atoms with Gasteiger partial charge in [-0.3, -0.25) is 0 Å². The Hall–Kier alpha value is -3.89. The van der Waals surface area contributed by atoms with Crippen molar-refractivity contribution in [2.24, 2.45) is 9.98 Å². The molecule has 2 aromatic carbocycles. The molecule has 2 aliphatic heterocycles. The third kappa shape index (κ3) is 6.43. The average molecular weight is 895 g/mol. The van der Waals surface area contributed by atoms with Crippen LogP contribution in [-0.2, 0) is 9.59 Å². The molecule has 0 aliphatic carbocycles. The number of rotatable bonds is 8. The summed E-state index contributed by atoms with van der Waals surface area (Å²) in [5.41, 5.74) is 7.49. The van der Waals surface area contributed by atoms with Gasteiger partial charge >= 0.3 is 337 Å². The van der Waals surface area contributed by atoms with E-state index in [9.17, 15) is 9.59 Å². The number of aromatic nitrogens is 6. The van der Waals surface area contributed by atoms with Gasteiger partial charge in [0.1, 0.15) is 0 Å². The number of aryl methyl sites for hydroxylation is 4. The van der Waals surface area contributed by atoms with Crippen LogP contribution in [0.2, 0.25) is 10.0 Å². The van der Waals surface area contributed by atoms with Gasteiger partial charge in [0.05, 0.1) is 0 Å². The van der Waals surface area contributed by atoms with E-state index >= 15 is 0 Å². The Kier molecular flexibility index (Phi) is 9.59. The van der Waals surface area contributed by atoms with E-state index in [4.69, 9.17) is 33.2 Å². The van der Waals surface area contributed by atoms with Crippen molar-refractivity contribution < 1.29 is 30.8 Å². The van der Waals surface area contributed by atoms with E-state index < -0.39 is 33.3 Å². The normalized spacial score (nSPS) is 16.2. The Labute approximate surface area is 334 Å². The second-order valence-electron chi connectivity index (χ2n) is 13.0.